The number of ether oxygens (including phenoxy) is 1. The van der Waals surface area contributed by atoms with Crippen molar-refractivity contribution < 1.29 is 23.9 Å². The van der Waals surface area contributed by atoms with E-state index >= 15 is 0 Å². The lowest BCUT2D eigenvalue weighted by atomic mass is 9.80. The zero-order valence-corrected chi connectivity index (χ0v) is 35.3. The molecule has 2 aromatic heterocycles. The van der Waals surface area contributed by atoms with Crippen molar-refractivity contribution in [2.24, 2.45) is 17.9 Å². The number of aromatic nitrogens is 4. The molecule has 2 aromatic carbocycles. The van der Waals surface area contributed by atoms with Crippen molar-refractivity contribution >= 4 is 58.3 Å². The molecule has 14 nitrogen and oxygen atoms in total. The lowest BCUT2D eigenvalue weighted by molar-refractivity contribution is -0.152. The highest BCUT2D eigenvalue weighted by atomic mass is 35.5. The lowest BCUT2D eigenvalue weighted by Crippen LogP contribution is -2.34. The second kappa shape index (κ2) is 16.7. The van der Waals surface area contributed by atoms with E-state index in [0.717, 1.165) is 88.0 Å². The number of halogens is 2. The van der Waals surface area contributed by atoms with Gasteiger partial charge in [0, 0.05) is 76.0 Å². The van der Waals surface area contributed by atoms with Crippen molar-refractivity contribution in [3.63, 3.8) is 0 Å². The highest BCUT2D eigenvalue weighted by Gasteiger charge is 2.58. The van der Waals surface area contributed by atoms with Gasteiger partial charge in [-0.25, -0.2) is 4.98 Å². The van der Waals surface area contributed by atoms with Gasteiger partial charge in [0.1, 0.15) is 0 Å². The highest BCUT2D eigenvalue weighted by molar-refractivity contribution is 6.40. The third-order valence-electron chi connectivity index (χ3n) is 13.0. The fourth-order valence-electron chi connectivity index (χ4n) is 9.86. The van der Waals surface area contributed by atoms with Crippen LogP contribution in [-0.4, -0.2) is 81.2 Å². The fraction of sp³-hybridized carbons (Fsp3) is 0.488. The molecule has 2 fully saturated rings. The Balaban J connectivity index is 0.914. The molecule has 1 unspecified atom stereocenters. The monoisotopic (exact) mass is 843 g/mol. The molecule has 1 atom stereocenters. The van der Waals surface area contributed by atoms with Crippen molar-refractivity contribution in [3.8, 4) is 11.1 Å². The maximum absolute atomic E-state index is 13.8. The van der Waals surface area contributed by atoms with Crippen LogP contribution in [0.5, 0.6) is 0 Å². The van der Waals surface area contributed by atoms with Gasteiger partial charge in [-0.05, 0) is 81.5 Å². The molecule has 2 aliphatic carbocycles. The van der Waals surface area contributed by atoms with Crippen LogP contribution in [0, 0.1) is 10.8 Å². The molecule has 4 aromatic rings. The van der Waals surface area contributed by atoms with Crippen molar-refractivity contribution in [1.29, 1.82) is 0 Å². The first-order chi connectivity index (χ1) is 28.4. The number of rotatable bonds is 13. The van der Waals surface area contributed by atoms with Gasteiger partial charge in [0.25, 0.3) is 11.8 Å². The average molecular weight is 845 g/mol. The van der Waals surface area contributed by atoms with E-state index in [1.54, 1.807) is 30.3 Å². The molecule has 3 amide bonds. The van der Waals surface area contributed by atoms with Crippen molar-refractivity contribution in [2.45, 2.75) is 83.8 Å². The number of hydrogen-bond donors (Lipinski definition) is 4. The van der Waals surface area contributed by atoms with Gasteiger partial charge in [-0.2, -0.15) is 5.10 Å². The second-order valence-corrected chi connectivity index (χ2v) is 17.4. The summed E-state index contributed by atoms with van der Waals surface area (Å²) in [4.78, 5) is 58.3. The number of imidazole rings is 1. The van der Waals surface area contributed by atoms with Crippen molar-refractivity contribution in [1.82, 2.24) is 34.9 Å². The van der Waals surface area contributed by atoms with E-state index < -0.39 is 5.91 Å². The van der Waals surface area contributed by atoms with Crippen molar-refractivity contribution in [2.75, 3.05) is 43.9 Å². The third kappa shape index (κ3) is 8.12. The van der Waals surface area contributed by atoms with Crippen LogP contribution in [0.4, 0.5) is 11.4 Å². The molecule has 0 radical (unpaired) electrons. The van der Waals surface area contributed by atoms with Crippen LogP contribution in [0.25, 0.3) is 11.1 Å². The van der Waals surface area contributed by atoms with Crippen LogP contribution in [0.1, 0.15) is 103 Å². The van der Waals surface area contributed by atoms with Crippen LogP contribution in [0.2, 0.25) is 10.0 Å². The van der Waals surface area contributed by atoms with E-state index in [1.807, 2.05) is 28.4 Å². The summed E-state index contributed by atoms with van der Waals surface area (Å²) in [6.07, 6.45) is 8.56. The summed E-state index contributed by atoms with van der Waals surface area (Å²) in [5, 5.41) is 17.3. The summed E-state index contributed by atoms with van der Waals surface area (Å²) < 4.78 is 8.90. The second-order valence-electron chi connectivity index (χ2n) is 16.7. The number of nitrogens with one attached hydrogen (secondary N) is 4. The number of carbonyl (C=O) groups is 4. The summed E-state index contributed by atoms with van der Waals surface area (Å²) in [5.74, 6) is -0.586. The SMILES string of the molecule is COC(=O)C12CCC(CCN3CCc4c(nc(C(=O)Nc5cccc(-c6cccc(NC(=O)c7cc8n(n7)CCCC8NCCNC(C)=O)c6Cl)c5Cl)n4C)C3)(CC1)C2. The molecule has 0 spiro atoms. The van der Waals surface area contributed by atoms with Gasteiger partial charge in [-0.1, -0.05) is 47.5 Å². The first-order valence-electron chi connectivity index (χ1n) is 20.5. The number of esters is 1. The van der Waals surface area contributed by atoms with Gasteiger partial charge in [0.15, 0.2) is 11.5 Å². The van der Waals surface area contributed by atoms with E-state index in [4.69, 9.17) is 32.9 Å². The number of aryl methyl sites for hydroxylation is 1. The molecule has 2 bridgehead atoms. The number of hydrogen-bond acceptors (Lipinski definition) is 9. The van der Waals surface area contributed by atoms with E-state index in [2.05, 4.69) is 31.3 Å². The molecule has 4 aliphatic rings. The number of amides is 3. The number of methoxy groups -OCH3 is 1. The normalized spacial score (nSPS) is 22.1. The van der Waals surface area contributed by atoms with E-state index in [-0.39, 0.29) is 45.4 Å². The molecule has 2 aliphatic heterocycles. The number of benzene rings is 2. The molecule has 4 N–H and O–H groups in total. The minimum atomic E-state index is -0.398. The molecule has 4 heterocycles. The summed E-state index contributed by atoms with van der Waals surface area (Å²) >= 11 is 13.9. The molecule has 16 heteroatoms. The predicted molar refractivity (Wildman–Crippen MR) is 225 cm³/mol. The van der Waals surface area contributed by atoms with E-state index in [9.17, 15) is 19.2 Å². The van der Waals surface area contributed by atoms with Gasteiger partial charge in [-0.15, -0.1) is 0 Å². The minimum absolute atomic E-state index is 0.0124. The fourth-order valence-corrected chi connectivity index (χ4v) is 10.4. The minimum Gasteiger partial charge on any atom is -0.469 e. The van der Waals surface area contributed by atoms with Gasteiger partial charge in [0.2, 0.25) is 5.91 Å². The quantitative estimate of drug-likeness (QED) is 0.0866. The van der Waals surface area contributed by atoms with Gasteiger partial charge in [0.05, 0.1) is 45.3 Å². The third-order valence-corrected chi connectivity index (χ3v) is 13.8. The molecule has 59 heavy (non-hydrogen) atoms. The summed E-state index contributed by atoms with van der Waals surface area (Å²) in [5.41, 5.74) is 5.02. The Hall–Kier alpha value is -4.76. The number of nitrogens with zero attached hydrogens (tertiary/aromatic N) is 5. The molecular weight excluding hydrogens is 793 g/mol. The van der Waals surface area contributed by atoms with Gasteiger partial charge < -0.3 is 30.6 Å². The van der Waals surface area contributed by atoms with Crippen LogP contribution in [-0.2, 0) is 40.9 Å². The first-order valence-corrected chi connectivity index (χ1v) is 21.3. The Bertz CT molecular complexity index is 2300. The van der Waals surface area contributed by atoms with Crippen LogP contribution >= 0.6 is 23.2 Å². The van der Waals surface area contributed by atoms with E-state index in [1.165, 1.54) is 14.0 Å². The van der Waals surface area contributed by atoms with Gasteiger partial charge >= 0.3 is 5.97 Å². The molecular formula is C43H51Cl2N9O5. The average Bonchev–Trinajstić information content (AvgIpc) is 4.02. The predicted octanol–water partition coefficient (Wildman–Crippen LogP) is 6.53. The van der Waals surface area contributed by atoms with Crippen LogP contribution in [0.3, 0.4) is 0 Å². The Morgan fingerprint density at radius 1 is 0.932 bits per heavy atom. The Morgan fingerprint density at radius 3 is 2.31 bits per heavy atom. The smallest absolute Gasteiger partial charge is 0.311 e. The Morgan fingerprint density at radius 2 is 1.63 bits per heavy atom. The number of fused-ring (bicyclic) bond motifs is 4. The number of anilines is 2. The Labute approximate surface area is 353 Å². The largest absolute Gasteiger partial charge is 0.469 e. The first kappa shape index (κ1) is 41.0. The highest BCUT2D eigenvalue weighted by Crippen LogP contribution is 2.63. The standard InChI is InChI=1S/C43H51Cl2N9O5/c1-26(55)46-18-19-47-29-11-6-20-54-35(29)23-32(51-54)39(56)49-30-9-4-7-27(36(30)44)28-8-5-10-31(37(28)45)50-40(57)38-48-33-24-53(21-12-34(33)52(38)2)22-17-42-13-15-43(25-42,16-14-42)41(58)59-3/h4-5,7-10,23,29,47H,6,11-22,24-25H2,1-3H3,(H,46,55)(H,49,56)(H,50,57). The zero-order valence-electron chi connectivity index (χ0n) is 33.8. The number of carbonyl (C=O) groups excluding carboxylic acids is 4. The molecule has 8 rings (SSSR count). The van der Waals surface area contributed by atoms with Crippen molar-refractivity contribution in [3.05, 3.63) is 81.1 Å². The van der Waals surface area contributed by atoms with Crippen LogP contribution in [0.15, 0.2) is 42.5 Å². The summed E-state index contributed by atoms with van der Waals surface area (Å²) in [6.45, 7) is 5.78. The topological polar surface area (TPSA) is 165 Å². The molecule has 2 saturated carbocycles. The van der Waals surface area contributed by atoms with E-state index in [0.29, 0.717) is 59.5 Å². The van der Waals surface area contributed by atoms with Crippen LogP contribution < -0.4 is 21.3 Å². The summed E-state index contributed by atoms with van der Waals surface area (Å²) in [6, 6.07) is 12.5. The summed E-state index contributed by atoms with van der Waals surface area (Å²) in [7, 11) is 3.37. The zero-order chi connectivity index (χ0) is 41.5. The lowest BCUT2D eigenvalue weighted by Gasteiger charge is -2.32. The maximum atomic E-state index is 13.8. The maximum Gasteiger partial charge on any atom is 0.311 e. The molecule has 312 valence electrons. The van der Waals surface area contributed by atoms with Gasteiger partial charge in [-0.3, -0.25) is 28.8 Å². The Kier molecular flexibility index (Phi) is 11.6. The molecule has 0 saturated heterocycles.